The van der Waals surface area contributed by atoms with Gasteiger partial charge in [-0.2, -0.15) is 0 Å². The third kappa shape index (κ3) is 2.37. The van der Waals surface area contributed by atoms with E-state index in [9.17, 15) is 0 Å². The fraction of sp³-hybridized carbons (Fsp3) is 0.286. The lowest BCUT2D eigenvalue weighted by atomic mass is 9.93. The predicted octanol–water partition coefficient (Wildman–Crippen LogP) is 2.90. The number of nitrogens with two attached hydrogens (primary N) is 1. The van der Waals surface area contributed by atoms with Crippen LogP contribution in [0.2, 0.25) is 0 Å². The van der Waals surface area contributed by atoms with Crippen LogP contribution in [-0.4, -0.2) is 9.97 Å². The zero-order valence-corrected chi connectivity index (χ0v) is 10.9. The van der Waals surface area contributed by atoms with Crippen molar-refractivity contribution in [3.8, 4) is 11.4 Å². The highest BCUT2D eigenvalue weighted by atomic mass is 35.5. The van der Waals surface area contributed by atoms with Gasteiger partial charge in [-0.05, 0) is 19.3 Å². The van der Waals surface area contributed by atoms with E-state index in [0.717, 1.165) is 41.9 Å². The van der Waals surface area contributed by atoms with E-state index in [2.05, 4.69) is 9.97 Å². The number of benzene rings is 1. The molecule has 1 atom stereocenters. The van der Waals surface area contributed by atoms with Crippen molar-refractivity contribution in [3.63, 3.8) is 0 Å². The molecule has 0 spiro atoms. The number of halogens is 1. The molecule has 0 radical (unpaired) electrons. The van der Waals surface area contributed by atoms with E-state index in [1.165, 1.54) is 0 Å². The van der Waals surface area contributed by atoms with Gasteiger partial charge in [0.2, 0.25) is 0 Å². The Morgan fingerprint density at radius 1 is 1.17 bits per heavy atom. The summed E-state index contributed by atoms with van der Waals surface area (Å²) >= 11 is 0. The minimum absolute atomic E-state index is 0. The van der Waals surface area contributed by atoms with Crippen LogP contribution in [0, 0.1) is 0 Å². The number of fused-ring (bicyclic) bond motifs is 1. The highest BCUT2D eigenvalue weighted by molar-refractivity contribution is 5.85. The van der Waals surface area contributed by atoms with Crippen LogP contribution in [0.4, 0.5) is 0 Å². The highest BCUT2D eigenvalue weighted by Crippen LogP contribution is 2.27. The highest BCUT2D eigenvalue weighted by Gasteiger charge is 2.19. The normalized spacial score (nSPS) is 17.7. The largest absolute Gasteiger partial charge is 0.324 e. The summed E-state index contributed by atoms with van der Waals surface area (Å²) in [7, 11) is 0. The lowest BCUT2D eigenvalue weighted by Crippen LogP contribution is -2.19. The molecule has 0 amide bonds. The van der Waals surface area contributed by atoms with E-state index >= 15 is 0 Å². The Hall–Kier alpha value is -1.45. The van der Waals surface area contributed by atoms with E-state index in [0.29, 0.717) is 0 Å². The van der Waals surface area contributed by atoms with Gasteiger partial charge in [0.05, 0.1) is 0 Å². The van der Waals surface area contributed by atoms with Crippen molar-refractivity contribution >= 4 is 12.4 Å². The number of aromatic nitrogens is 2. The first-order chi connectivity index (χ1) is 8.34. The number of hydrogen-bond acceptors (Lipinski definition) is 3. The van der Waals surface area contributed by atoms with Crippen LogP contribution in [0.5, 0.6) is 0 Å². The molecule has 2 aromatic rings. The Balaban J connectivity index is 0.00000120. The molecule has 1 aliphatic carbocycles. The zero-order chi connectivity index (χ0) is 11.7. The summed E-state index contributed by atoms with van der Waals surface area (Å²) in [6, 6.07) is 10.2. The number of nitrogens with zero attached hydrogens (tertiary/aromatic N) is 2. The molecule has 3 rings (SSSR count). The first kappa shape index (κ1) is 13.0. The second kappa shape index (κ2) is 5.46. The summed E-state index contributed by atoms with van der Waals surface area (Å²) in [4.78, 5) is 9.06. The van der Waals surface area contributed by atoms with Crippen molar-refractivity contribution in [2.45, 2.75) is 25.3 Å². The third-order valence-electron chi connectivity index (χ3n) is 3.26. The van der Waals surface area contributed by atoms with Gasteiger partial charge in [0, 0.05) is 29.1 Å². The second-order valence-corrected chi connectivity index (χ2v) is 4.46. The van der Waals surface area contributed by atoms with Crippen molar-refractivity contribution in [2.75, 3.05) is 0 Å². The third-order valence-corrected chi connectivity index (χ3v) is 3.26. The van der Waals surface area contributed by atoms with Crippen LogP contribution >= 0.6 is 12.4 Å². The van der Waals surface area contributed by atoms with Crippen LogP contribution in [-0.2, 0) is 6.42 Å². The minimum atomic E-state index is 0. The van der Waals surface area contributed by atoms with Crippen LogP contribution in [0.25, 0.3) is 11.4 Å². The molecular weight excluding hydrogens is 246 g/mol. The number of rotatable bonds is 1. The Labute approximate surface area is 113 Å². The molecule has 18 heavy (non-hydrogen) atoms. The summed E-state index contributed by atoms with van der Waals surface area (Å²) in [6.07, 6.45) is 5.08. The molecule has 1 aromatic carbocycles. The summed E-state index contributed by atoms with van der Waals surface area (Å²) < 4.78 is 0. The molecule has 4 heteroatoms. The average molecular weight is 262 g/mol. The zero-order valence-electron chi connectivity index (χ0n) is 10.0. The van der Waals surface area contributed by atoms with Gasteiger partial charge in [-0.25, -0.2) is 9.97 Å². The number of aryl methyl sites for hydroxylation is 1. The van der Waals surface area contributed by atoms with Crippen molar-refractivity contribution in [1.82, 2.24) is 9.97 Å². The van der Waals surface area contributed by atoms with E-state index in [1.807, 2.05) is 36.5 Å². The monoisotopic (exact) mass is 261 g/mol. The van der Waals surface area contributed by atoms with Gasteiger partial charge in [-0.15, -0.1) is 12.4 Å². The SMILES string of the molecule is Cl.NC1CCCc2nc(-c3ccccc3)ncc21. The van der Waals surface area contributed by atoms with Crippen LogP contribution in [0.1, 0.15) is 30.1 Å². The van der Waals surface area contributed by atoms with Gasteiger partial charge in [0.1, 0.15) is 0 Å². The van der Waals surface area contributed by atoms with Gasteiger partial charge >= 0.3 is 0 Å². The van der Waals surface area contributed by atoms with Gasteiger partial charge < -0.3 is 5.73 Å². The van der Waals surface area contributed by atoms with E-state index in [4.69, 9.17) is 5.73 Å². The van der Waals surface area contributed by atoms with Gasteiger partial charge in [0.25, 0.3) is 0 Å². The Morgan fingerprint density at radius 2 is 1.94 bits per heavy atom. The Bertz CT molecular complexity index is 528. The molecule has 0 saturated heterocycles. The minimum Gasteiger partial charge on any atom is -0.324 e. The van der Waals surface area contributed by atoms with Gasteiger partial charge in [0.15, 0.2) is 5.82 Å². The quantitative estimate of drug-likeness (QED) is 0.859. The molecular formula is C14H16ClN3. The summed E-state index contributed by atoms with van der Waals surface area (Å²) in [5.74, 6) is 0.804. The Morgan fingerprint density at radius 3 is 2.72 bits per heavy atom. The lowest BCUT2D eigenvalue weighted by Gasteiger charge is -2.20. The Kier molecular flexibility index (Phi) is 3.94. The molecule has 1 aromatic heterocycles. The maximum atomic E-state index is 6.06. The molecule has 1 heterocycles. The fourth-order valence-electron chi connectivity index (χ4n) is 2.31. The van der Waals surface area contributed by atoms with Crippen LogP contribution in [0.15, 0.2) is 36.5 Å². The summed E-state index contributed by atoms with van der Waals surface area (Å²) in [5.41, 5.74) is 9.36. The first-order valence-corrected chi connectivity index (χ1v) is 6.01. The average Bonchev–Trinajstić information content (AvgIpc) is 2.40. The molecule has 0 bridgehead atoms. The second-order valence-electron chi connectivity index (χ2n) is 4.46. The molecule has 0 aliphatic heterocycles. The first-order valence-electron chi connectivity index (χ1n) is 6.01. The summed E-state index contributed by atoms with van der Waals surface area (Å²) in [6.45, 7) is 0. The summed E-state index contributed by atoms with van der Waals surface area (Å²) in [5, 5.41) is 0. The fourth-order valence-corrected chi connectivity index (χ4v) is 2.31. The molecule has 0 fully saturated rings. The maximum Gasteiger partial charge on any atom is 0.159 e. The lowest BCUT2D eigenvalue weighted by molar-refractivity contribution is 0.557. The van der Waals surface area contributed by atoms with E-state index < -0.39 is 0 Å². The molecule has 94 valence electrons. The molecule has 3 nitrogen and oxygen atoms in total. The smallest absolute Gasteiger partial charge is 0.159 e. The number of hydrogen-bond donors (Lipinski definition) is 1. The van der Waals surface area contributed by atoms with Crippen LogP contribution < -0.4 is 5.73 Å². The van der Waals surface area contributed by atoms with Gasteiger partial charge in [-0.3, -0.25) is 0 Å². The van der Waals surface area contributed by atoms with Crippen molar-refractivity contribution in [3.05, 3.63) is 47.8 Å². The molecule has 1 aliphatic rings. The predicted molar refractivity (Wildman–Crippen MR) is 74.6 cm³/mol. The van der Waals surface area contributed by atoms with Crippen LogP contribution in [0.3, 0.4) is 0 Å². The van der Waals surface area contributed by atoms with Crippen molar-refractivity contribution in [2.24, 2.45) is 5.73 Å². The van der Waals surface area contributed by atoms with Crippen molar-refractivity contribution < 1.29 is 0 Å². The van der Waals surface area contributed by atoms with Crippen molar-refractivity contribution in [1.29, 1.82) is 0 Å². The molecule has 2 N–H and O–H groups in total. The molecule has 0 saturated carbocycles. The molecule has 1 unspecified atom stereocenters. The maximum absolute atomic E-state index is 6.06. The standard InChI is InChI=1S/C14H15N3.ClH/c15-12-7-4-8-13-11(12)9-16-14(17-13)10-5-2-1-3-6-10;/h1-3,5-6,9,12H,4,7-8,15H2;1H. The van der Waals surface area contributed by atoms with Gasteiger partial charge in [-0.1, -0.05) is 30.3 Å². The van der Waals surface area contributed by atoms with E-state index in [-0.39, 0.29) is 18.4 Å². The topological polar surface area (TPSA) is 51.8 Å². The van der Waals surface area contributed by atoms with E-state index in [1.54, 1.807) is 0 Å².